The van der Waals surface area contributed by atoms with Crippen LogP contribution in [0.2, 0.25) is 0 Å². The number of carbonyl (C=O) groups is 2. The first kappa shape index (κ1) is 19.9. The molecule has 0 aliphatic carbocycles. The molecule has 0 spiro atoms. The molecule has 2 aromatic rings. The molecule has 26 heavy (non-hydrogen) atoms. The Morgan fingerprint density at radius 1 is 0.885 bits per heavy atom. The fraction of sp³-hybridized carbons (Fsp3) is 0.391. The Morgan fingerprint density at radius 2 is 1.46 bits per heavy atom. The summed E-state index contributed by atoms with van der Waals surface area (Å²) in [6, 6.07) is 4.99. The minimum absolute atomic E-state index is 0.0561. The summed E-state index contributed by atoms with van der Waals surface area (Å²) in [4.78, 5) is 25.8. The van der Waals surface area contributed by atoms with E-state index in [0.29, 0.717) is 11.1 Å². The summed E-state index contributed by atoms with van der Waals surface area (Å²) >= 11 is 0. The minimum atomic E-state index is -0.307. The van der Waals surface area contributed by atoms with E-state index in [4.69, 9.17) is 0 Å². The van der Waals surface area contributed by atoms with Crippen molar-refractivity contribution in [3.63, 3.8) is 0 Å². The second-order valence-corrected chi connectivity index (χ2v) is 8.16. The molecule has 0 aliphatic rings. The van der Waals surface area contributed by atoms with Crippen molar-refractivity contribution in [1.82, 2.24) is 0 Å². The Morgan fingerprint density at radius 3 is 1.92 bits per heavy atom. The van der Waals surface area contributed by atoms with Gasteiger partial charge in [0.1, 0.15) is 5.75 Å². The van der Waals surface area contributed by atoms with Crippen LogP contribution in [0.3, 0.4) is 0 Å². The lowest BCUT2D eigenvalue weighted by atomic mass is 9.75. The average molecular weight is 352 g/mol. The lowest BCUT2D eigenvalue weighted by molar-refractivity contribution is 0.0988. The van der Waals surface area contributed by atoms with Crippen molar-refractivity contribution in [3.05, 3.63) is 62.7 Å². The number of hydrogen-bond acceptors (Lipinski definition) is 3. The van der Waals surface area contributed by atoms with Gasteiger partial charge in [0, 0.05) is 11.1 Å². The molecule has 0 amide bonds. The maximum atomic E-state index is 13.4. The Bertz CT molecular complexity index is 912. The van der Waals surface area contributed by atoms with E-state index in [1.54, 1.807) is 18.2 Å². The van der Waals surface area contributed by atoms with Gasteiger partial charge in [0.05, 0.1) is 5.56 Å². The van der Waals surface area contributed by atoms with Crippen LogP contribution in [0.5, 0.6) is 5.75 Å². The quantitative estimate of drug-likeness (QED) is 0.757. The zero-order chi connectivity index (χ0) is 20.0. The second-order valence-electron chi connectivity index (χ2n) is 8.16. The second kappa shape index (κ2) is 6.71. The highest BCUT2D eigenvalue weighted by Gasteiger charge is 2.30. The fourth-order valence-corrected chi connectivity index (χ4v) is 3.97. The molecule has 0 atom stereocenters. The summed E-state index contributed by atoms with van der Waals surface area (Å²) in [6.45, 7) is 15.5. The summed E-state index contributed by atoms with van der Waals surface area (Å²) in [7, 11) is 0. The Kier molecular flexibility index (Phi) is 5.14. The van der Waals surface area contributed by atoms with Crippen LogP contribution in [0.1, 0.15) is 81.8 Å². The number of phenolic OH excluding ortho intramolecular Hbond substituents is 1. The minimum Gasteiger partial charge on any atom is -0.507 e. The van der Waals surface area contributed by atoms with Gasteiger partial charge < -0.3 is 5.11 Å². The highest BCUT2D eigenvalue weighted by molar-refractivity contribution is 6.18. The number of rotatable bonds is 3. The molecule has 3 nitrogen and oxygen atoms in total. The summed E-state index contributed by atoms with van der Waals surface area (Å²) in [6.07, 6.45) is 0. The number of aromatic hydroxyl groups is 1. The zero-order valence-corrected chi connectivity index (χ0v) is 17.0. The molecule has 0 fully saturated rings. The van der Waals surface area contributed by atoms with Gasteiger partial charge in [0.15, 0.2) is 11.6 Å². The number of aryl methyl sites for hydroxylation is 1. The van der Waals surface area contributed by atoms with Gasteiger partial charge >= 0.3 is 0 Å². The van der Waals surface area contributed by atoms with Crippen molar-refractivity contribution in [2.45, 2.75) is 60.8 Å². The Balaban J connectivity index is 2.92. The van der Waals surface area contributed by atoms with Crippen molar-refractivity contribution >= 4 is 11.6 Å². The van der Waals surface area contributed by atoms with Crippen LogP contribution >= 0.6 is 0 Å². The molecule has 2 aromatic carbocycles. The number of phenols is 1. The van der Waals surface area contributed by atoms with Crippen LogP contribution < -0.4 is 0 Å². The third-order valence-corrected chi connectivity index (χ3v) is 5.04. The van der Waals surface area contributed by atoms with Crippen LogP contribution in [0.15, 0.2) is 18.2 Å². The predicted molar refractivity (Wildman–Crippen MR) is 106 cm³/mol. The molecule has 0 bridgehead atoms. The topological polar surface area (TPSA) is 54.4 Å². The van der Waals surface area contributed by atoms with Crippen molar-refractivity contribution in [2.75, 3.05) is 0 Å². The van der Waals surface area contributed by atoms with Gasteiger partial charge in [-0.3, -0.25) is 9.59 Å². The van der Waals surface area contributed by atoms with Crippen LogP contribution in [0, 0.1) is 27.7 Å². The third kappa shape index (κ3) is 3.31. The number of benzene rings is 2. The molecule has 0 aromatic heterocycles. The van der Waals surface area contributed by atoms with E-state index in [9.17, 15) is 14.7 Å². The highest BCUT2D eigenvalue weighted by atomic mass is 16.3. The van der Waals surface area contributed by atoms with Gasteiger partial charge in [-0.2, -0.15) is 0 Å². The van der Waals surface area contributed by atoms with E-state index in [1.165, 1.54) is 6.92 Å². The maximum absolute atomic E-state index is 13.4. The Labute approximate surface area is 156 Å². The molecule has 1 N–H and O–H groups in total. The van der Waals surface area contributed by atoms with E-state index in [0.717, 1.165) is 27.8 Å². The smallest absolute Gasteiger partial charge is 0.197 e. The van der Waals surface area contributed by atoms with Crippen molar-refractivity contribution in [3.8, 4) is 5.75 Å². The van der Waals surface area contributed by atoms with Crippen LogP contribution in [-0.2, 0) is 5.41 Å². The van der Waals surface area contributed by atoms with Gasteiger partial charge in [-0.25, -0.2) is 0 Å². The molecule has 0 saturated carbocycles. The lowest BCUT2D eigenvalue weighted by Gasteiger charge is -2.29. The van der Waals surface area contributed by atoms with Crippen LogP contribution in [0.25, 0.3) is 0 Å². The number of hydrogen-bond donors (Lipinski definition) is 1. The lowest BCUT2D eigenvalue weighted by Crippen LogP contribution is -2.22. The van der Waals surface area contributed by atoms with Crippen molar-refractivity contribution < 1.29 is 14.7 Å². The molecule has 0 saturated heterocycles. The van der Waals surface area contributed by atoms with Gasteiger partial charge in [0.2, 0.25) is 0 Å². The van der Waals surface area contributed by atoms with E-state index in [-0.39, 0.29) is 28.3 Å². The molecule has 138 valence electrons. The van der Waals surface area contributed by atoms with E-state index < -0.39 is 0 Å². The summed E-state index contributed by atoms with van der Waals surface area (Å²) in [5.74, 6) is -0.498. The van der Waals surface area contributed by atoms with E-state index >= 15 is 0 Å². The molecular weight excluding hydrogens is 324 g/mol. The molecule has 0 aliphatic heterocycles. The predicted octanol–water partition coefficient (Wildman–Crippen LogP) is 5.36. The summed E-state index contributed by atoms with van der Waals surface area (Å²) in [5, 5.41) is 10.3. The summed E-state index contributed by atoms with van der Waals surface area (Å²) < 4.78 is 0. The zero-order valence-electron chi connectivity index (χ0n) is 17.0. The normalized spacial score (nSPS) is 11.5. The molecule has 0 heterocycles. The van der Waals surface area contributed by atoms with Gasteiger partial charge in [-0.15, -0.1) is 0 Å². The molecular formula is C23H28O3. The third-order valence-electron chi connectivity index (χ3n) is 5.04. The Hall–Kier alpha value is -2.42. The number of carbonyl (C=O) groups excluding carboxylic acids is 2. The SMILES string of the molecule is CC(=O)c1c(C)c(C)c(C(C)(C)C)c(C)c1C(=O)c1ccc(C)cc1O. The first-order chi connectivity index (χ1) is 11.9. The molecule has 2 rings (SSSR count). The molecule has 0 unspecified atom stereocenters. The van der Waals surface area contributed by atoms with E-state index in [1.807, 2.05) is 27.7 Å². The molecule has 3 heteroatoms. The van der Waals surface area contributed by atoms with Crippen LogP contribution in [0.4, 0.5) is 0 Å². The summed E-state index contributed by atoms with van der Waals surface area (Å²) in [5.41, 5.74) is 5.57. The number of ketones is 2. The fourth-order valence-electron chi connectivity index (χ4n) is 3.97. The maximum Gasteiger partial charge on any atom is 0.197 e. The van der Waals surface area contributed by atoms with E-state index in [2.05, 4.69) is 20.8 Å². The average Bonchev–Trinajstić information content (AvgIpc) is 2.48. The first-order valence-electron chi connectivity index (χ1n) is 8.87. The standard InChI is InChI=1S/C23H28O3/c1-12-9-10-17(18(25)11-12)22(26)20-15(4)21(23(6,7)8)14(3)13(2)19(20)16(5)24/h9-11,25H,1-8H3. The largest absolute Gasteiger partial charge is 0.507 e. The van der Waals surface area contributed by atoms with Crippen LogP contribution in [-0.4, -0.2) is 16.7 Å². The van der Waals surface area contributed by atoms with Gasteiger partial charge in [0.25, 0.3) is 0 Å². The monoisotopic (exact) mass is 352 g/mol. The first-order valence-corrected chi connectivity index (χ1v) is 8.87. The number of Topliss-reactive ketones (excluding diaryl/α,β-unsaturated/α-hetero) is 1. The van der Waals surface area contributed by atoms with Crippen molar-refractivity contribution in [2.24, 2.45) is 0 Å². The van der Waals surface area contributed by atoms with Gasteiger partial charge in [-0.1, -0.05) is 26.8 Å². The van der Waals surface area contributed by atoms with Gasteiger partial charge in [-0.05, 0) is 80.0 Å². The highest BCUT2D eigenvalue weighted by Crippen LogP contribution is 2.37. The molecule has 0 radical (unpaired) electrons. The van der Waals surface area contributed by atoms with Crippen molar-refractivity contribution in [1.29, 1.82) is 0 Å².